The first-order chi connectivity index (χ1) is 8.27. The average molecular weight is 238 g/mol. The topological polar surface area (TPSA) is 15.3 Å². The van der Waals surface area contributed by atoms with Gasteiger partial charge < -0.3 is 10.2 Å². The van der Waals surface area contributed by atoms with E-state index >= 15 is 0 Å². The van der Waals surface area contributed by atoms with E-state index in [0.717, 1.165) is 31.7 Å². The first-order valence-electron chi connectivity index (χ1n) is 6.44. The van der Waals surface area contributed by atoms with Gasteiger partial charge in [0.25, 0.3) is 0 Å². The van der Waals surface area contributed by atoms with Gasteiger partial charge in [0.05, 0.1) is 0 Å². The summed E-state index contributed by atoms with van der Waals surface area (Å²) >= 11 is 0. The van der Waals surface area contributed by atoms with E-state index in [4.69, 9.17) is 0 Å². The summed E-state index contributed by atoms with van der Waals surface area (Å²) in [5.41, 5.74) is 0.742. The van der Waals surface area contributed by atoms with E-state index in [2.05, 4.69) is 24.1 Å². The minimum atomic E-state index is -0.124. The number of hydrogen-bond acceptors (Lipinski definition) is 2. The number of hydrogen-bond donors (Lipinski definition) is 1. The molecule has 0 heterocycles. The fourth-order valence-electron chi connectivity index (χ4n) is 1.85. The third-order valence-electron chi connectivity index (χ3n) is 2.87. The van der Waals surface area contributed by atoms with Crippen LogP contribution in [0.3, 0.4) is 0 Å². The number of nitrogens with zero attached hydrogens (tertiary/aromatic N) is 1. The van der Waals surface area contributed by atoms with Gasteiger partial charge in [-0.15, -0.1) is 0 Å². The molecule has 0 spiro atoms. The summed E-state index contributed by atoms with van der Waals surface area (Å²) in [6, 6.07) is 6.92. The molecule has 2 nitrogen and oxygen atoms in total. The maximum atomic E-state index is 13.3. The Labute approximate surface area is 104 Å². The van der Waals surface area contributed by atoms with Gasteiger partial charge in [0.1, 0.15) is 5.82 Å². The Kier molecular flexibility index (Phi) is 6.82. The predicted octanol–water partition coefficient (Wildman–Crippen LogP) is 2.65. The maximum absolute atomic E-state index is 13.3. The molecule has 1 aromatic carbocycles. The molecular formula is C14H23FN2. The lowest BCUT2D eigenvalue weighted by Crippen LogP contribution is -2.32. The molecule has 0 saturated carbocycles. The second-order valence-corrected chi connectivity index (χ2v) is 4.20. The molecule has 0 aromatic heterocycles. The maximum Gasteiger partial charge on any atom is 0.127 e. The summed E-state index contributed by atoms with van der Waals surface area (Å²) in [6.07, 6.45) is 1.18. The third-order valence-corrected chi connectivity index (χ3v) is 2.87. The molecule has 1 aromatic rings. The van der Waals surface area contributed by atoms with Gasteiger partial charge in [0.15, 0.2) is 0 Å². The Morgan fingerprint density at radius 3 is 2.59 bits per heavy atom. The number of likely N-dealkylation sites (N-methyl/N-ethyl adjacent to an activating group) is 1. The van der Waals surface area contributed by atoms with E-state index in [1.54, 1.807) is 6.07 Å². The van der Waals surface area contributed by atoms with E-state index in [0.29, 0.717) is 6.54 Å². The second-order valence-electron chi connectivity index (χ2n) is 4.20. The van der Waals surface area contributed by atoms with Crippen LogP contribution >= 0.6 is 0 Å². The Balaban J connectivity index is 2.22. The molecule has 17 heavy (non-hydrogen) atoms. The summed E-state index contributed by atoms with van der Waals surface area (Å²) in [6.45, 7) is 9.12. The summed E-state index contributed by atoms with van der Waals surface area (Å²) in [7, 11) is 0. The van der Waals surface area contributed by atoms with E-state index in [1.165, 1.54) is 12.5 Å². The Bertz CT molecular complexity index is 315. The fourth-order valence-corrected chi connectivity index (χ4v) is 1.85. The van der Waals surface area contributed by atoms with Crippen LogP contribution in [0.1, 0.15) is 25.8 Å². The van der Waals surface area contributed by atoms with Crippen molar-refractivity contribution in [3.63, 3.8) is 0 Å². The Morgan fingerprint density at radius 1 is 1.18 bits per heavy atom. The van der Waals surface area contributed by atoms with Crippen LogP contribution in [0.2, 0.25) is 0 Å². The highest BCUT2D eigenvalue weighted by Gasteiger charge is 2.01. The molecule has 0 fully saturated rings. The van der Waals surface area contributed by atoms with Crippen molar-refractivity contribution >= 4 is 0 Å². The summed E-state index contributed by atoms with van der Waals surface area (Å²) in [5, 5.41) is 3.28. The van der Waals surface area contributed by atoms with Crippen molar-refractivity contribution in [1.82, 2.24) is 10.2 Å². The molecule has 0 unspecified atom stereocenters. The van der Waals surface area contributed by atoms with E-state index in [-0.39, 0.29) is 5.82 Å². The van der Waals surface area contributed by atoms with Crippen LogP contribution in [-0.2, 0) is 6.54 Å². The molecule has 0 radical (unpaired) electrons. The number of nitrogens with one attached hydrogen (secondary N) is 1. The molecule has 0 atom stereocenters. The van der Waals surface area contributed by atoms with Crippen LogP contribution in [0.15, 0.2) is 24.3 Å². The molecule has 0 aliphatic carbocycles. The third kappa shape index (κ3) is 5.29. The lowest BCUT2D eigenvalue weighted by Gasteiger charge is -2.19. The van der Waals surface area contributed by atoms with Crippen LogP contribution < -0.4 is 5.32 Å². The highest BCUT2D eigenvalue weighted by atomic mass is 19.1. The van der Waals surface area contributed by atoms with Crippen LogP contribution in [-0.4, -0.2) is 31.1 Å². The van der Waals surface area contributed by atoms with Gasteiger partial charge in [-0.05, 0) is 25.6 Å². The molecule has 1 N–H and O–H groups in total. The van der Waals surface area contributed by atoms with Crippen molar-refractivity contribution < 1.29 is 4.39 Å². The lowest BCUT2D eigenvalue weighted by molar-refractivity contribution is 0.287. The van der Waals surface area contributed by atoms with Gasteiger partial charge in [-0.1, -0.05) is 32.0 Å². The summed E-state index contributed by atoms with van der Waals surface area (Å²) in [5.74, 6) is -0.124. The summed E-state index contributed by atoms with van der Waals surface area (Å²) in [4.78, 5) is 2.40. The zero-order valence-electron chi connectivity index (χ0n) is 10.9. The second kappa shape index (κ2) is 8.20. The molecule has 1 rings (SSSR count). The average Bonchev–Trinajstić information content (AvgIpc) is 2.35. The number of rotatable bonds is 8. The molecule has 96 valence electrons. The normalized spacial score (nSPS) is 11.1. The smallest absolute Gasteiger partial charge is 0.127 e. The van der Waals surface area contributed by atoms with Crippen molar-refractivity contribution in [3.05, 3.63) is 35.6 Å². The SMILES string of the molecule is CCCN(CC)CCNCc1ccccc1F. The van der Waals surface area contributed by atoms with Crippen LogP contribution in [0.25, 0.3) is 0 Å². The van der Waals surface area contributed by atoms with Crippen molar-refractivity contribution in [2.45, 2.75) is 26.8 Å². The Hall–Kier alpha value is -0.930. The van der Waals surface area contributed by atoms with Crippen molar-refractivity contribution in [2.75, 3.05) is 26.2 Å². The molecule has 0 bridgehead atoms. The number of halogens is 1. The highest BCUT2D eigenvalue weighted by Crippen LogP contribution is 2.05. The van der Waals surface area contributed by atoms with Crippen LogP contribution in [0.5, 0.6) is 0 Å². The molecule has 0 saturated heterocycles. The standard InChI is InChI=1S/C14H23FN2/c1-3-10-17(4-2)11-9-16-12-13-7-5-6-8-14(13)15/h5-8,16H,3-4,9-12H2,1-2H3. The van der Waals surface area contributed by atoms with Crippen molar-refractivity contribution in [3.8, 4) is 0 Å². The zero-order chi connectivity index (χ0) is 12.5. The van der Waals surface area contributed by atoms with Gasteiger partial charge in [0.2, 0.25) is 0 Å². The first-order valence-corrected chi connectivity index (χ1v) is 6.44. The van der Waals surface area contributed by atoms with Crippen LogP contribution in [0.4, 0.5) is 4.39 Å². The minimum Gasteiger partial charge on any atom is -0.311 e. The molecule has 0 aliphatic heterocycles. The van der Waals surface area contributed by atoms with E-state index in [9.17, 15) is 4.39 Å². The quantitative estimate of drug-likeness (QED) is 0.700. The Morgan fingerprint density at radius 2 is 1.94 bits per heavy atom. The minimum absolute atomic E-state index is 0.124. The fraction of sp³-hybridized carbons (Fsp3) is 0.571. The zero-order valence-corrected chi connectivity index (χ0v) is 10.9. The largest absolute Gasteiger partial charge is 0.311 e. The monoisotopic (exact) mass is 238 g/mol. The lowest BCUT2D eigenvalue weighted by atomic mass is 10.2. The predicted molar refractivity (Wildman–Crippen MR) is 70.5 cm³/mol. The number of benzene rings is 1. The molecule has 0 amide bonds. The molecule has 0 aliphatic rings. The summed E-state index contributed by atoms with van der Waals surface area (Å²) < 4.78 is 13.3. The van der Waals surface area contributed by atoms with Crippen molar-refractivity contribution in [1.29, 1.82) is 0 Å². The highest BCUT2D eigenvalue weighted by molar-refractivity contribution is 5.16. The molecule has 3 heteroatoms. The van der Waals surface area contributed by atoms with E-state index in [1.807, 2.05) is 12.1 Å². The van der Waals surface area contributed by atoms with Gasteiger partial charge in [-0.3, -0.25) is 0 Å². The van der Waals surface area contributed by atoms with Gasteiger partial charge in [0, 0.05) is 25.2 Å². The first kappa shape index (κ1) is 14.1. The van der Waals surface area contributed by atoms with Gasteiger partial charge >= 0.3 is 0 Å². The van der Waals surface area contributed by atoms with Crippen molar-refractivity contribution in [2.24, 2.45) is 0 Å². The van der Waals surface area contributed by atoms with Crippen LogP contribution in [0, 0.1) is 5.82 Å². The molecular weight excluding hydrogens is 215 g/mol. The van der Waals surface area contributed by atoms with E-state index < -0.39 is 0 Å². The van der Waals surface area contributed by atoms with Gasteiger partial charge in [-0.2, -0.15) is 0 Å². The van der Waals surface area contributed by atoms with Gasteiger partial charge in [-0.25, -0.2) is 4.39 Å².